The van der Waals surface area contributed by atoms with E-state index in [-0.39, 0.29) is 36.0 Å². The van der Waals surface area contributed by atoms with Crippen LogP contribution < -0.4 is 4.90 Å². The summed E-state index contributed by atoms with van der Waals surface area (Å²) in [6.45, 7) is 6.34. The molecule has 3 heterocycles. The molecule has 1 saturated heterocycles. The first kappa shape index (κ1) is 26.2. The first-order valence-electron chi connectivity index (χ1n) is 12.6. The van der Waals surface area contributed by atoms with Crippen molar-refractivity contribution in [3.05, 3.63) is 76.0 Å². The molecule has 10 heteroatoms. The van der Waals surface area contributed by atoms with Crippen molar-refractivity contribution in [2.45, 2.75) is 56.1 Å². The van der Waals surface area contributed by atoms with E-state index >= 15 is 0 Å². The maximum atomic E-state index is 13.7. The van der Waals surface area contributed by atoms with Gasteiger partial charge in [-0.2, -0.15) is 0 Å². The number of likely N-dealkylation sites (N-methyl/N-ethyl adjacent to an activating group) is 1. The van der Waals surface area contributed by atoms with Crippen LogP contribution in [0.25, 0.3) is 0 Å². The summed E-state index contributed by atoms with van der Waals surface area (Å²) in [6.07, 6.45) is 2.12. The third kappa shape index (κ3) is 4.38. The lowest BCUT2D eigenvalue weighted by atomic mass is 9.82. The first-order valence-corrected chi connectivity index (χ1v) is 16.4. The Morgan fingerprint density at radius 1 is 1.22 bits per heavy atom. The Morgan fingerprint density at radius 3 is 2.62 bits per heavy atom. The fraction of sp³-hybridized carbons (Fsp3) is 0.444. The van der Waals surface area contributed by atoms with E-state index < -0.39 is 13.9 Å². The van der Waals surface area contributed by atoms with Crippen LogP contribution in [0.2, 0.25) is 18.6 Å². The largest absolute Gasteiger partial charge is 0.432 e. The van der Waals surface area contributed by atoms with Crippen molar-refractivity contribution in [2.75, 3.05) is 18.6 Å². The predicted octanol–water partition coefficient (Wildman–Crippen LogP) is 4.03. The molecule has 1 amide bonds. The van der Waals surface area contributed by atoms with Crippen molar-refractivity contribution < 1.29 is 19.4 Å². The lowest BCUT2D eigenvalue weighted by Gasteiger charge is -2.32. The molecule has 0 radical (unpaired) electrons. The molecular weight excluding hydrogens is 552 g/mol. The molecule has 2 aliphatic heterocycles. The van der Waals surface area contributed by atoms with Gasteiger partial charge in [0.15, 0.2) is 13.9 Å². The van der Waals surface area contributed by atoms with E-state index in [4.69, 9.17) is 4.74 Å². The van der Waals surface area contributed by atoms with Crippen LogP contribution in [-0.4, -0.2) is 58.9 Å². The van der Waals surface area contributed by atoms with Crippen LogP contribution in [0.15, 0.2) is 59.2 Å². The molecule has 1 fully saturated rings. The van der Waals surface area contributed by atoms with Gasteiger partial charge in [0.1, 0.15) is 0 Å². The average molecular weight is 586 g/mol. The van der Waals surface area contributed by atoms with Gasteiger partial charge in [-0.05, 0) is 43.3 Å². The van der Waals surface area contributed by atoms with Crippen molar-refractivity contribution in [1.29, 1.82) is 0 Å². The van der Waals surface area contributed by atoms with Crippen LogP contribution in [0.5, 0.6) is 0 Å². The lowest BCUT2D eigenvalue weighted by molar-refractivity contribution is -0.145. The molecule has 2 aliphatic rings. The molecule has 0 saturated carbocycles. The molecule has 8 nitrogen and oxygen atoms in total. The highest BCUT2D eigenvalue weighted by Crippen LogP contribution is 2.59. The van der Waals surface area contributed by atoms with Crippen LogP contribution in [0, 0.1) is 5.92 Å². The maximum Gasteiger partial charge on any atom is 0.264 e. The van der Waals surface area contributed by atoms with Gasteiger partial charge in [0.25, 0.3) is 5.91 Å². The van der Waals surface area contributed by atoms with Gasteiger partial charge in [-0.25, -0.2) is 0 Å². The van der Waals surface area contributed by atoms with Crippen LogP contribution in [-0.2, 0) is 21.7 Å². The summed E-state index contributed by atoms with van der Waals surface area (Å²) in [5.41, 5.74) is 2.10. The molecule has 3 aromatic rings. The van der Waals surface area contributed by atoms with E-state index in [0.29, 0.717) is 18.7 Å². The molecule has 1 aromatic heterocycles. The van der Waals surface area contributed by atoms with Gasteiger partial charge in [0, 0.05) is 41.3 Å². The Balaban J connectivity index is 1.42. The van der Waals surface area contributed by atoms with Crippen molar-refractivity contribution in [3.8, 4) is 0 Å². The highest BCUT2D eigenvalue weighted by molar-refractivity contribution is 9.10. The second-order valence-corrected chi connectivity index (χ2v) is 15.6. The monoisotopic (exact) mass is 584 g/mol. The fourth-order valence-electron chi connectivity index (χ4n) is 6.32. The number of carbonyl (C=O) groups excluding carboxylic acids is 1. The van der Waals surface area contributed by atoms with Gasteiger partial charge < -0.3 is 19.5 Å². The van der Waals surface area contributed by atoms with E-state index in [1.54, 1.807) is 16.6 Å². The Labute approximate surface area is 226 Å². The SMILES string of the molecule is C[C@@H]1[C@@H]([Si](C)(C)O)[C@H](CCn2cc(C(CO)c3ccccc3)nn2)O[C@@]12C(=O)N(C)c1ccc(Br)cc12. The van der Waals surface area contributed by atoms with Crippen LogP contribution in [0.1, 0.15) is 36.1 Å². The van der Waals surface area contributed by atoms with Crippen molar-refractivity contribution >= 4 is 35.8 Å². The normalized spacial score (nSPS) is 26.2. The number of aliphatic hydroxyl groups excluding tert-OH is 1. The zero-order valence-electron chi connectivity index (χ0n) is 21.5. The summed E-state index contributed by atoms with van der Waals surface area (Å²) in [4.78, 5) is 26.7. The lowest BCUT2D eigenvalue weighted by Crippen LogP contribution is -2.45. The predicted molar refractivity (Wildman–Crippen MR) is 147 cm³/mol. The number of ether oxygens (including phenoxy) is 1. The highest BCUT2D eigenvalue weighted by Gasteiger charge is 2.65. The van der Waals surface area contributed by atoms with E-state index in [2.05, 4.69) is 26.2 Å². The number of hydrogen-bond donors (Lipinski definition) is 2. The molecule has 1 spiro atoms. The molecule has 1 unspecified atom stereocenters. The van der Waals surface area contributed by atoms with Gasteiger partial charge >= 0.3 is 0 Å². The molecule has 196 valence electrons. The summed E-state index contributed by atoms with van der Waals surface area (Å²) in [7, 11) is -0.934. The zero-order valence-corrected chi connectivity index (χ0v) is 24.1. The number of aryl methyl sites for hydroxylation is 1. The molecule has 2 aromatic carbocycles. The number of hydrogen-bond acceptors (Lipinski definition) is 6. The number of amides is 1. The minimum absolute atomic E-state index is 0.0640. The Hall–Kier alpha value is -2.37. The number of rotatable bonds is 7. The quantitative estimate of drug-likeness (QED) is 0.407. The Bertz CT molecular complexity index is 1300. The minimum atomic E-state index is -2.72. The van der Waals surface area contributed by atoms with Crippen molar-refractivity contribution in [3.63, 3.8) is 0 Å². The molecule has 5 rings (SSSR count). The minimum Gasteiger partial charge on any atom is -0.432 e. The number of halogens is 1. The maximum absolute atomic E-state index is 13.7. The number of nitrogens with zero attached hydrogens (tertiary/aromatic N) is 4. The number of fused-ring (bicyclic) bond motifs is 2. The van der Waals surface area contributed by atoms with E-state index in [1.807, 2.05) is 74.7 Å². The third-order valence-corrected chi connectivity index (χ3v) is 11.0. The third-order valence-electron chi connectivity index (χ3n) is 8.02. The molecule has 5 atom stereocenters. The van der Waals surface area contributed by atoms with Gasteiger partial charge in [-0.15, -0.1) is 5.10 Å². The van der Waals surface area contributed by atoms with E-state index in [1.165, 1.54) is 0 Å². The zero-order chi connectivity index (χ0) is 26.5. The summed E-state index contributed by atoms with van der Waals surface area (Å²) in [6, 6.07) is 15.6. The number of carbonyl (C=O) groups is 1. The Morgan fingerprint density at radius 2 is 1.95 bits per heavy atom. The second-order valence-electron chi connectivity index (χ2n) is 10.7. The smallest absolute Gasteiger partial charge is 0.264 e. The fourth-order valence-corrected chi connectivity index (χ4v) is 9.29. The number of benzene rings is 2. The van der Waals surface area contributed by atoms with Gasteiger partial charge in [-0.1, -0.05) is 58.4 Å². The second kappa shape index (κ2) is 9.74. The topological polar surface area (TPSA) is 101 Å². The molecule has 0 bridgehead atoms. The van der Waals surface area contributed by atoms with E-state index in [9.17, 15) is 14.7 Å². The summed E-state index contributed by atoms with van der Waals surface area (Å²) >= 11 is 3.56. The summed E-state index contributed by atoms with van der Waals surface area (Å²) in [5, 5.41) is 18.6. The Kier molecular flexibility index (Phi) is 6.91. The summed E-state index contributed by atoms with van der Waals surface area (Å²) < 4.78 is 9.40. The van der Waals surface area contributed by atoms with Gasteiger partial charge in [0.2, 0.25) is 0 Å². The highest BCUT2D eigenvalue weighted by atomic mass is 79.9. The first-order chi connectivity index (χ1) is 17.6. The molecule has 0 aliphatic carbocycles. The standard InChI is InChI=1S/C27H33BrN4O4Si/c1-17-25(37(3,4)35)24(36-27(17)21-14-19(28)10-11-23(21)31(2)26(27)34)12-13-32-15-22(29-30-32)20(16-33)18-8-6-5-7-9-18/h5-11,14-15,17,20,24-25,33,35H,12-13,16H2,1-4H3/t17-,20?,24+,25-,27+/m1/s1. The van der Waals surface area contributed by atoms with Gasteiger partial charge in [0.05, 0.1) is 30.0 Å². The van der Waals surface area contributed by atoms with Gasteiger partial charge in [-0.3, -0.25) is 9.48 Å². The van der Waals surface area contributed by atoms with Crippen molar-refractivity contribution in [2.24, 2.45) is 5.92 Å². The number of aliphatic hydroxyl groups is 1. The molecule has 2 N–H and O–H groups in total. The van der Waals surface area contributed by atoms with Crippen LogP contribution in [0.3, 0.4) is 0 Å². The molecule has 37 heavy (non-hydrogen) atoms. The average Bonchev–Trinajstić information content (AvgIpc) is 3.50. The van der Waals surface area contributed by atoms with Crippen LogP contribution in [0.4, 0.5) is 5.69 Å². The van der Waals surface area contributed by atoms with E-state index in [0.717, 1.165) is 21.3 Å². The number of anilines is 1. The van der Waals surface area contributed by atoms with Crippen molar-refractivity contribution in [1.82, 2.24) is 15.0 Å². The van der Waals surface area contributed by atoms with Crippen LogP contribution >= 0.6 is 15.9 Å². The number of aromatic nitrogens is 3. The molecular formula is C27H33BrN4O4Si. The summed E-state index contributed by atoms with van der Waals surface area (Å²) in [5.74, 6) is -0.535.